The molecule has 1 heterocycles. The number of nitrogens with zero attached hydrogens (tertiary/aromatic N) is 1. The predicted molar refractivity (Wildman–Crippen MR) is 129 cm³/mol. The van der Waals surface area contributed by atoms with Crippen LogP contribution in [0, 0.1) is 5.92 Å². The van der Waals surface area contributed by atoms with Gasteiger partial charge in [0.2, 0.25) is 5.91 Å². The molecule has 7 heteroatoms. The second-order valence-corrected chi connectivity index (χ2v) is 9.63. The van der Waals surface area contributed by atoms with Crippen molar-refractivity contribution in [2.75, 3.05) is 13.7 Å². The van der Waals surface area contributed by atoms with Gasteiger partial charge in [-0.15, -0.1) is 0 Å². The first kappa shape index (κ1) is 25.3. The summed E-state index contributed by atoms with van der Waals surface area (Å²) in [6.07, 6.45) is 0.869. The average molecular weight is 467 g/mol. The van der Waals surface area contributed by atoms with E-state index in [1.165, 1.54) is 7.11 Å². The third-order valence-corrected chi connectivity index (χ3v) is 5.84. The molecule has 2 aromatic carbocycles. The minimum absolute atomic E-state index is 0.105. The molecule has 1 N–H and O–H groups in total. The molecule has 0 aromatic heterocycles. The van der Waals surface area contributed by atoms with E-state index >= 15 is 0 Å². The molecule has 3 atom stereocenters. The van der Waals surface area contributed by atoms with Crippen LogP contribution in [0.1, 0.15) is 38.3 Å². The molecule has 2 amide bonds. The van der Waals surface area contributed by atoms with E-state index in [9.17, 15) is 14.4 Å². The Morgan fingerprint density at radius 1 is 1.03 bits per heavy atom. The molecule has 7 nitrogen and oxygen atoms in total. The molecule has 0 unspecified atom stereocenters. The van der Waals surface area contributed by atoms with Gasteiger partial charge in [-0.25, -0.2) is 9.59 Å². The SMILES string of the molecule is COC(=O)[C@H](Cc1ccccc1)N1C(=O)[C@H](Cc2ccccc2)C[C@@H]1CNC(=O)OC(C)(C)C. The molecule has 2 aromatic rings. The Balaban J connectivity index is 1.84. The minimum Gasteiger partial charge on any atom is -0.467 e. The first-order chi connectivity index (χ1) is 16.2. The first-order valence-electron chi connectivity index (χ1n) is 11.6. The van der Waals surface area contributed by atoms with Crippen molar-refractivity contribution in [3.05, 3.63) is 71.8 Å². The molecule has 34 heavy (non-hydrogen) atoms. The van der Waals surface area contributed by atoms with Crippen molar-refractivity contribution in [1.29, 1.82) is 0 Å². The number of benzene rings is 2. The third kappa shape index (κ3) is 6.83. The van der Waals surface area contributed by atoms with Gasteiger partial charge in [0.15, 0.2) is 0 Å². The van der Waals surface area contributed by atoms with E-state index in [1.807, 2.05) is 60.7 Å². The number of alkyl carbamates (subject to hydrolysis) is 1. The number of amides is 2. The van der Waals surface area contributed by atoms with Crippen molar-refractivity contribution in [2.24, 2.45) is 5.92 Å². The summed E-state index contributed by atoms with van der Waals surface area (Å²) in [5, 5.41) is 2.78. The van der Waals surface area contributed by atoms with Crippen LogP contribution < -0.4 is 5.32 Å². The summed E-state index contributed by atoms with van der Waals surface area (Å²) >= 11 is 0. The van der Waals surface area contributed by atoms with E-state index in [0.717, 1.165) is 11.1 Å². The van der Waals surface area contributed by atoms with Crippen LogP contribution in [-0.2, 0) is 31.9 Å². The maximum Gasteiger partial charge on any atom is 0.407 e. The van der Waals surface area contributed by atoms with Gasteiger partial charge in [0.25, 0.3) is 0 Å². The number of likely N-dealkylation sites (tertiary alicyclic amines) is 1. The molecule has 1 aliphatic rings. The summed E-state index contributed by atoms with van der Waals surface area (Å²) in [6, 6.07) is 18.2. The number of esters is 1. The standard InChI is InChI=1S/C27H34N2O5/c1-27(2,3)34-26(32)28-18-22-17-21(15-19-11-7-5-8-12-19)24(30)29(22)23(25(31)33-4)16-20-13-9-6-10-14-20/h5-14,21-23H,15-18H2,1-4H3,(H,28,32)/t21-,22-,23+/m1/s1. The van der Waals surface area contributed by atoms with Crippen LogP contribution in [0.25, 0.3) is 0 Å². The summed E-state index contributed by atoms with van der Waals surface area (Å²) in [7, 11) is 1.33. The largest absolute Gasteiger partial charge is 0.467 e. The molecule has 0 aliphatic carbocycles. The fourth-order valence-electron chi connectivity index (χ4n) is 4.38. The minimum atomic E-state index is -0.786. The van der Waals surface area contributed by atoms with Crippen LogP contribution in [0.5, 0.6) is 0 Å². The quantitative estimate of drug-likeness (QED) is 0.599. The zero-order chi connectivity index (χ0) is 24.7. The van der Waals surface area contributed by atoms with Crippen molar-refractivity contribution in [1.82, 2.24) is 10.2 Å². The lowest BCUT2D eigenvalue weighted by atomic mass is 9.96. The summed E-state index contributed by atoms with van der Waals surface area (Å²) in [5.74, 6) is -0.873. The van der Waals surface area contributed by atoms with Crippen LogP contribution in [0.4, 0.5) is 4.79 Å². The van der Waals surface area contributed by atoms with Gasteiger partial charge in [0.05, 0.1) is 13.2 Å². The first-order valence-corrected chi connectivity index (χ1v) is 11.6. The second kappa shape index (κ2) is 11.2. The van der Waals surface area contributed by atoms with Crippen molar-refractivity contribution in [3.8, 4) is 0 Å². The highest BCUT2D eigenvalue weighted by Gasteiger charge is 2.45. The van der Waals surface area contributed by atoms with Gasteiger partial charge >= 0.3 is 12.1 Å². The number of nitrogens with one attached hydrogen (secondary N) is 1. The van der Waals surface area contributed by atoms with Crippen molar-refractivity contribution in [2.45, 2.75) is 57.7 Å². The number of ether oxygens (including phenoxy) is 2. The summed E-state index contributed by atoms with van der Waals surface area (Å²) in [4.78, 5) is 40.4. The lowest BCUT2D eigenvalue weighted by Gasteiger charge is -2.32. The van der Waals surface area contributed by atoms with Crippen LogP contribution in [0.3, 0.4) is 0 Å². The van der Waals surface area contributed by atoms with Gasteiger partial charge in [-0.3, -0.25) is 4.79 Å². The van der Waals surface area contributed by atoms with Gasteiger partial charge in [-0.05, 0) is 44.7 Å². The molecule has 1 aliphatic heterocycles. The number of hydrogen-bond donors (Lipinski definition) is 1. The highest BCUT2D eigenvalue weighted by Crippen LogP contribution is 2.31. The normalized spacial score (nSPS) is 18.9. The molecule has 0 saturated carbocycles. The van der Waals surface area contributed by atoms with Gasteiger partial charge in [-0.1, -0.05) is 60.7 Å². The van der Waals surface area contributed by atoms with E-state index in [4.69, 9.17) is 9.47 Å². The van der Waals surface area contributed by atoms with E-state index in [2.05, 4.69) is 5.32 Å². The maximum atomic E-state index is 13.6. The summed E-state index contributed by atoms with van der Waals surface area (Å²) in [6.45, 7) is 5.57. The molecule has 182 valence electrons. The molecular formula is C27H34N2O5. The Bertz CT molecular complexity index is 972. The molecule has 0 spiro atoms. The zero-order valence-electron chi connectivity index (χ0n) is 20.3. The van der Waals surface area contributed by atoms with E-state index in [0.29, 0.717) is 19.3 Å². The number of carbonyl (C=O) groups excluding carboxylic acids is 3. The highest BCUT2D eigenvalue weighted by molar-refractivity contribution is 5.88. The summed E-state index contributed by atoms with van der Waals surface area (Å²) in [5.41, 5.74) is 1.35. The Hall–Kier alpha value is -3.35. The van der Waals surface area contributed by atoms with Crippen LogP contribution >= 0.6 is 0 Å². The molecule has 1 fully saturated rings. The van der Waals surface area contributed by atoms with Crippen LogP contribution in [0.15, 0.2) is 60.7 Å². The Morgan fingerprint density at radius 3 is 2.18 bits per heavy atom. The fourth-order valence-corrected chi connectivity index (χ4v) is 4.38. The summed E-state index contributed by atoms with van der Waals surface area (Å²) < 4.78 is 10.5. The van der Waals surface area contributed by atoms with Gasteiger partial charge in [-0.2, -0.15) is 0 Å². The maximum absolute atomic E-state index is 13.6. The lowest BCUT2D eigenvalue weighted by Crippen LogP contribution is -2.52. The van der Waals surface area contributed by atoms with Gasteiger partial charge in [0.1, 0.15) is 11.6 Å². The average Bonchev–Trinajstić information content (AvgIpc) is 3.10. The molecule has 3 rings (SSSR count). The molecular weight excluding hydrogens is 432 g/mol. The Morgan fingerprint density at radius 2 is 1.62 bits per heavy atom. The van der Waals surface area contributed by atoms with E-state index < -0.39 is 23.7 Å². The number of carbonyl (C=O) groups is 3. The van der Waals surface area contributed by atoms with E-state index in [1.54, 1.807) is 25.7 Å². The van der Waals surface area contributed by atoms with E-state index in [-0.39, 0.29) is 24.4 Å². The number of hydrogen-bond acceptors (Lipinski definition) is 5. The number of methoxy groups -OCH3 is 1. The zero-order valence-corrected chi connectivity index (χ0v) is 20.3. The van der Waals surface area contributed by atoms with Crippen molar-refractivity contribution in [3.63, 3.8) is 0 Å². The topological polar surface area (TPSA) is 84.9 Å². The monoisotopic (exact) mass is 466 g/mol. The second-order valence-electron chi connectivity index (χ2n) is 9.63. The van der Waals surface area contributed by atoms with Crippen LogP contribution in [-0.4, -0.2) is 54.2 Å². The Labute approximate surface area is 201 Å². The third-order valence-electron chi connectivity index (χ3n) is 5.84. The predicted octanol–water partition coefficient (Wildman–Crippen LogP) is 3.76. The molecule has 1 saturated heterocycles. The van der Waals surface area contributed by atoms with Gasteiger partial charge < -0.3 is 19.7 Å². The fraction of sp³-hybridized carbons (Fsp3) is 0.444. The van der Waals surface area contributed by atoms with Crippen LogP contribution in [0.2, 0.25) is 0 Å². The molecule has 0 bridgehead atoms. The van der Waals surface area contributed by atoms with Gasteiger partial charge in [0, 0.05) is 18.9 Å². The molecule has 0 radical (unpaired) electrons. The van der Waals surface area contributed by atoms with Crippen molar-refractivity contribution >= 4 is 18.0 Å². The lowest BCUT2D eigenvalue weighted by molar-refractivity contribution is -0.153. The number of rotatable bonds is 8. The highest BCUT2D eigenvalue weighted by atomic mass is 16.6. The van der Waals surface area contributed by atoms with Crippen molar-refractivity contribution < 1.29 is 23.9 Å². The Kier molecular flexibility index (Phi) is 8.31. The smallest absolute Gasteiger partial charge is 0.407 e.